The molecule has 2 N–H and O–H groups in total. The van der Waals surface area contributed by atoms with E-state index in [2.05, 4.69) is 31.3 Å². The topological polar surface area (TPSA) is 108 Å². The molecule has 0 aliphatic rings. The van der Waals surface area contributed by atoms with E-state index in [1.807, 2.05) is 27.2 Å². The van der Waals surface area contributed by atoms with Crippen molar-refractivity contribution in [2.75, 3.05) is 40.9 Å². The summed E-state index contributed by atoms with van der Waals surface area (Å²) in [6, 6.07) is -0.893. The van der Waals surface area contributed by atoms with E-state index < -0.39 is 26.6 Å². The highest BCUT2D eigenvalue weighted by Gasteiger charge is 2.23. The molecule has 0 fully saturated rings. The van der Waals surface area contributed by atoms with E-state index in [0.29, 0.717) is 17.4 Å². The zero-order chi connectivity index (χ0) is 31.5. The zero-order valence-electron chi connectivity index (χ0n) is 27.7. The highest BCUT2D eigenvalue weighted by atomic mass is 31.2. The molecule has 0 aromatic rings. The molecule has 8 nitrogen and oxygen atoms in total. The Hall–Kier alpha value is -1.02. The summed E-state index contributed by atoms with van der Waals surface area (Å²) in [7, 11) is 1.24. The van der Waals surface area contributed by atoms with Crippen LogP contribution in [0.5, 0.6) is 0 Å². The van der Waals surface area contributed by atoms with Crippen LogP contribution in [0.25, 0.3) is 0 Å². The van der Waals surface area contributed by atoms with Crippen LogP contribution in [0, 0.1) is 0 Å². The minimum atomic E-state index is -4.57. The average molecular weight is 617 g/mol. The number of phosphoric ester groups is 1. The van der Waals surface area contributed by atoms with Crippen LogP contribution in [-0.4, -0.2) is 68.5 Å². The molecule has 0 saturated heterocycles. The number of carbonyl (C=O) groups excluding carboxylic acids is 1. The minimum absolute atomic E-state index is 0.00534. The lowest BCUT2D eigenvalue weighted by atomic mass is 10.1. The molecule has 0 aromatic heterocycles. The van der Waals surface area contributed by atoms with Crippen molar-refractivity contribution in [3.63, 3.8) is 0 Å². The van der Waals surface area contributed by atoms with E-state index in [9.17, 15) is 19.4 Å². The number of rotatable bonds is 29. The lowest BCUT2D eigenvalue weighted by molar-refractivity contribution is -0.870. The lowest BCUT2D eigenvalue weighted by Crippen LogP contribution is -2.45. The van der Waals surface area contributed by atoms with E-state index in [4.69, 9.17) is 9.05 Å². The molecule has 3 unspecified atom stereocenters. The zero-order valence-corrected chi connectivity index (χ0v) is 28.6. The maximum Gasteiger partial charge on any atom is 0.268 e. The van der Waals surface area contributed by atoms with Gasteiger partial charge in [0.25, 0.3) is 7.82 Å². The highest BCUT2D eigenvalue weighted by Crippen LogP contribution is 2.38. The van der Waals surface area contributed by atoms with E-state index >= 15 is 0 Å². The van der Waals surface area contributed by atoms with Crippen LogP contribution in [0.1, 0.15) is 129 Å². The average Bonchev–Trinajstić information content (AvgIpc) is 2.92. The number of aliphatic hydroxyl groups is 1. The number of hydrogen-bond donors (Lipinski definition) is 2. The molecule has 9 heteroatoms. The third kappa shape index (κ3) is 27.8. The van der Waals surface area contributed by atoms with E-state index in [-0.39, 0.29) is 12.5 Å². The fourth-order valence-corrected chi connectivity index (χ4v) is 5.12. The molecular weight excluding hydrogens is 551 g/mol. The number of nitrogens with zero attached hydrogens (tertiary/aromatic N) is 1. The molecule has 0 bridgehead atoms. The van der Waals surface area contributed by atoms with Crippen molar-refractivity contribution >= 4 is 13.7 Å². The highest BCUT2D eigenvalue weighted by molar-refractivity contribution is 7.45. The second kappa shape index (κ2) is 26.4. The molecular formula is C33H65N2O6P. The van der Waals surface area contributed by atoms with Crippen molar-refractivity contribution in [2.45, 2.75) is 142 Å². The van der Waals surface area contributed by atoms with Crippen LogP contribution in [0.4, 0.5) is 0 Å². The maximum absolute atomic E-state index is 12.7. The fourth-order valence-electron chi connectivity index (χ4n) is 4.40. The number of phosphoric acid groups is 1. The molecule has 1 amide bonds. The normalized spacial score (nSPS) is 15.3. The van der Waals surface area contributed by atoms with E-state index in [1.165, 1.54) is 70.6 Å². The molecule has 0 saturated carbocycles. The molecule has 0 spiro atoms. The standard InChI is InChI=1S/C33H65N2O6P/c1-6-8-10-12-14-16-18-20-22-24-26-32(36)31(30-41-42(38,39)40-29-28-35(3,4)5)34-33(37)27-25-23-21-19-17-15-13-11-9-7-2/h16,18,24,26,31-32,36H,6-15,17,19-23,25,27-30H2,1-5H3,(H-,34,37,38,39)/b18-16+,26-24+. The van der Waals surface area contributed by atoms with Gasteiger partial charge in [-0.1, -0.05) is 115 Å². The van der Waals surface area contributed by atoms with Crippen molar-refractivity contribution < 1.29 is 32.9 Å². The van der Waals surface area contributed by atoms with Gasteiger partial charge in [-0.25, -0.2) is 0 Å². The fraction of sp³-hybridized carbons (Fsp3) is 0.848. The Morgan fingerprint density at radius 2 is 1.33 bits per heavy atom. The number of aliphatic hydroxyl groups excluding tert-OH is 1. The van der Waals surface area contributed by atoms with Gasteiger partial charge in [0.05, 0.1) is 39.9 Å². The van der Waals surface area contributed by atoms with Gasteiger partial charge in [0, 0.05) is 6.42 Å². The predicted molar refractivity (Wildman–Crippen MR) is 173 cm³/mol. The Kier molecular flexibility index (Phi) is 25.7. The third-order valence-corrected chi connectivity index (χ3v) is 8.13. The van der Waals surface area contributed by atoms with Gasteiger partial charge in [-0.05, 0) is 32.1 Å². The Morgan fingerprint density at radius 3 is 1.93 bits per heavy atom. The largest absolute Gasteiger partial charge is 0.756 e. The lowest BCUT2D eigenvalue weighted by Gasteiger charge is -2.29. The number of carbonyl (C=O) groups is 1. The first-order chi connectivity index (χ1) is 20.0. The van der Waals surface area contributed by atoms with Crippen LogP contribution in [0.3, 0.4) is 0 Å². The number of hydrogen-bond acceptors (Lipinski definition) is 6. The molecule has 0 heterocycles. The quantitative estimate of drug-likeness (QED) is 0.0398. The van der Waals surface area contributed by atoms with Crippen molar-refractivity contribution in [1.29, 1.82) is 0 Å². The SMILES string of the molecule is CCCCCC/C=C/CC/C=C/C(O)C(COP(=O)([O-])OCC[N+](C)(C)C)NC(=O)CCCCCCCCCCCC. The van der Waals surface area contributed by atoms with Crippen molar-refractivity contribution in [1.82, 2.24) is 5.32 Å². The monoisotopic (exact) mass is 616 g/mol. The Morgan fingerprint density at radius 1 is 0.810 bits per heavy atom. The van der Waals surface area contributed by atoms with Crippen LogP contribution >= 0.6 is 7.82 Å². The first-order valence-corrected chi connectivity index (χ1v) is 18.2. The number of amides is 1. The number of allylic oxidation sites excluding steroid dienone is 3. The van der Waals surface area contributed by atoms with Gasteiger partial charge in [-0.3, -0.25) is 9.36 Å². The van der Waals surface area contributed by atoms with Gasteiger partial charge in [0.1, 0.15) is 13.2 Å². The van der Waals surface area contributed by atoms with Gasteiger partial charge in [0.15, 0.2) is 0 Å². The van der Waals surface area contributed by atoms with Crippen LogP contribution in [0.15, 0.2) is 24.3 Å². The first-order valence-electron chi connectivity index (χ1n) is 16.7. The van der Waals surface area contributed by atoms with Crippen LogP contribution < -0.4 is 10.2 Å². The molecule has 0 aliphatic heterocycles. The minimum Gasteiger partial charge on any atom is -0.756 e. The summed E-state index contributed by atoms with van der Waals surface area (Å²) >= 11 is 0. The summed E-state index contributed by atoms with van der Waals surface area (Å²) in [5, 5.41) is 13.6. The number of nitrogens with one attached hydrogen (secondary N) is 1. The van der Waals surface area contributed by atoms with Crippen LogP contribution in [-0.2, 0) is 18.4 Å². The van der Waals surface area contributed by atoms with Crippen molar-refractivity contribution in [3.8, 4) is 0 Å². The Labute approximate surface area is 258 Å². The molecule has 42 heavy (non-hydrogen) atoms. The summed E-state index contributed by atoms with van der Waals surface area (Å²) < 4.78 is 22.9. The van der Waals surface area contributed by atoms with Gasteiger partial charge >= 0.3 is 0 Å². The maximum atomic E-state index is 12.7. The number of likely N-dealkylation sites (N-methyl/N-ethyl adjacent to an activating group) is 1. The van der Waals surface area contributed by atoms with Gasteiger partial charge in [0.2, 0.25) is 5.91 Å². The van der Waals surface area contributed by atoms with Gasteiger partial charge in [-0.2, -0.15) is 0 Å². The molecule has 3 atom stereocenters. The molecule has 0 aliphatic carbocycles. The summed E-state index contributed by atoms with van der Waals surface area (Å²) in [6.07, 6.45) is 26.5. The third-order valence-electron chi connectivity index (χ3n) is 7.16. The predicted octanol–water partition coefficient (Wildman–Crippen LogP) is 7.21. The van der Waals surface area contributed by atoms with E-state index in [1.54, 1.807) is 6.08 Å². The molecule has 248 valence electrons. The van der Waals surface area contributed by atoms with Gasteiger partial charge in [-0.15, -0.1) is 0 Å². The number of quaternary nitrogens is 1. The molecule has 0 aromatic carbocycles. The Bertz CT molecular complexity index is 753. The summed E-state index contributed by atoms with van der Waals surface area (Å²) in [4.78, 5) is 25.0. The molecule has 0 radical (unpaired) electrons. The molecule has 0 rings (SSSR count). The second-order valence-corrected chi connectivity index (χ2v) is 13.9. The first kappa shape index (κ1) is 41.0. The Balaban J connectivity index is 4.69. The summed E-state index contributed by atoms with van der Waals surface area (Å²) in [6.45, 7) is 4.53. The van der Waals surface area contributed by atoms with Crippen molar-refractivity contribution in [2.24, 2.45) is 0 Å². The number of unbranched alkanes of at least 4 members (excludes halogenated alkanes) is 14. The second-order valence-electron chi connectivity index (χ2n) is 12.5. The van der Waals surface area contributed by atoms with Crippen LogP contribution in [0.2, 0.25) is 0 Å². The smallest absolute Gasteiger partial charge is 0.268 e. The summed E-state index contributed by atoms with van der Waals surface area (Å²) in [5.41, 5.74) is 0. The van der Waals surface area contributed by atoms with E-state index in [0.717, 1.165) is 38.5 Å². The van der Waals surface area contributed by atoms with Gasteiger partial charge < -0.3 is 28.8 Å². The summed E-state index contributed by atoms with van der Waals surface area (Å²) in [5.74, 6) is -0.215. The van der Waals surface area contributed by atoms with Crippen molar-refractivity contribution in [3.05, 3.63) is 24.3 Å².